The van der Waals surface area contributed by atoms with Gasteiger partial charge in [0.2, 0.25) is 5.91 Å². The monoisotopic (exact) mass is 391 g/mol. The number of nitrogens with one attached hydrogen (secondary N) is 1. The number of hydrogen-bond donors (Lipinski definition) is 1. The van der Waals surface area contributed by atoms with Gasteiger partial charge in [0, 0.05) is 49.6 Å². The van der Waals surface area contributed by atoms with E-state index in [0.29, 0.717) is 24.5 Å². The molecule has 0 saturated heterocycles. The number of carbonyl (C=O) groups excluding carboxylic acids is 1. The third-order valence-electron chi connectivity index (χ3n) is 4.50. The highest BCUT2D eigenvalue weighted by Crippen LogP contribution is 2.25. The molecule has 0 atom stereocenters. The van der Waals surface area contributed by atoms with Crippen LogP contribution < -0.4 is 14.8 Å². The van der Waals surface area contributed by atoms with Crippen LogP contribution in [0.1, 0.15) is 17.0 Å². The van der Waals surface area contributed by atoms with Crippen LogP contribution in [0.5, 0.6) is 11.5 Å². The zero-order chi connectivity index (χ0) is 20.5. The quantitative estimate of drug-likeness (QED) is 0.569. The van der Waals surface area contributed by atoms with Crippen molar-refractivity contribution in [3.63, 3.8) is 0 Å². The zero-order valence-corrected chi connectivity index (χ0v) is 16.7. The second-order valence-electron chi connectivity index (χ2n) is 6.44. The van der Waals surface area contributed by atoms with E-state index in [1.54, 1.807) is 32.6 Å². The van der Waals surface area contributed by atoms with E-state index in [1.165, 1.54) is 11.6 Å². The summed E-state index contributed by atoms with van der Waals surface area (Å²) < 4.78 is 12.6. The predicted molar refractivity (Wildman–Crippen MR) is 113 cm³/mol. The van der Waals surface area contributed by atoms with Crippen molar-refractivity contribution in [3.05, 3.63) is 84.0 Å². The molecule has 0 bridgehead atoms. The van der Waals surface area contributed by atoms with Gasteiger partial charge in [-0.2, -0.15) is 0 Å². The highest BCUT2D eigenvalue weighted by Gasteiger charge is 2.06. The Kier molecular flexibility index (Phi) is 7.05. The van der Waals surface area contributed by atoms with Gasteiger partial charge in [-0.3, -0.25) is 4.79 Å². The normalized spacial score (nSPS) is 10.8. The van der Waals surface area contributed by atoms with Gasteiger partial charge in [-0.15, -0.1) is 0 Å². The number of amides is 1. The summed E-state index contributed by atoms with van der Waals surface area (Å²) in [5, 5.41) is 2.90. The van der Waals surface area contributed by atoms with E-state index in [1.807, 2.05) is 36.5 Å². The van der Waals surface area contributed by atoms with Crippen LogP contribution in [-0.4, -0.2) is 36.2 Å². The molecule has 0 fully saturated rings. The van der Waals surface area contributed by atoms with Crippen molar-refractivity contribution in [2.24, 2.45) is 0 Å². The number of hydrogen-bond acceptors (Lipinski definition) is 4. The fourth-order valence-electron chi connectivity index (χ4n) is 2.97. The largest absolute Gasteiger partial charge is 0.497 e. The highest BCUT2D eigenvalue weighted by molar-refractivity contribution is 5.92. The molecule has 0 spiro atoms. The van der Waals surface area contributed by atoms with Gasteiger partial charge in [0.05, 0.1) is 14.2 Å². The van der Waals surface area contributed by atoms with Crippen LogP contribution in [0.3, 0.4) is 0 Å². The van der Waals surface area contributed by atoms with Gasteiger partial charge in [-0.05, 0) is 23.8 Å². The van der Waals surface area contributed by atoms with Gasteiger partial charge in [0.25, 0.3) is 0 Å². The van der Waals surface area contributed by atoms with Crippen LogP contribution in [0.25, 0.3) is 6.08 Å². The van der Waals surface area contributed by atoms with Crippen molar-refractivity contribution in [1.82, 2.24) is 14.9 Å². The van der Waals surface area contributed by atoms with E-state index < -0.39 is 0 Å². The maximum Gasteiger partial charge on any atom is 0.244 e. The molecule has 0 radical (unpaired) electrons. The minimum atomic E-state index is -0.163. The van der Waals surface area contributed by atoms with Crippen LogP contribution in [0.4, 0.5) is 0 Å². The Morgan fingerprint density at radius 1 is 1.14 bits per heavy atom. The fourth-order valence-corrected chi connectivity index (χ4v) is 2.97. The van der Waals surface area contributed by atoms with Crippen LogP contribution in [0.2, 0.25) is 0 Å². The van der Waals surface area contributed by atoms with Gasteiger partial charge < -0.3 is 19.4 Å². The summed E-state index contributed by atoms with van der Waals surface area (Å²) in [7, 11) is 3.19. The highest BCUT2D eigenvalue weighted by atomic mass is 16.5. The first-order valence-electron chi connectivity index (χ1n) is 9.41. The lowest BCUT2D eigenvalue weighted by Gasteiger charge is -2.09. The number of benzene rings is 2. The van der Waals surface area contributed by atoms with Crippen LogP contribution in [0.15, 0.2) is 67.0 Å². The first-order chi connectivity index (χ1) is 14.2. The van der Waals surface area contributed by atoms with E-state index in [2.05, 4.69) is 27.0 Å². The number of aromatic nitrogens is 2. The summed E-state index contributed by atoms with van der Waals surface area (Å²) in [6, 6.07) is 15.7. The van der Waals surface area contributed by atoms with Crippen molar-refractivity contribution >= 4 is 12.0 Å². The molecule has 0 aliphatic carbocycles. The second kappa shape index (κ2) is 10.1. The molecule has 0 saturated carbocycles. The maximum atomic E-state index is 12.2. The number of imidazole rings is 1. The second-order valence-corrected chi connectivity index (χ2v) is 6.44. The van der Waals surface area contributed by atoms with Crippen molar-refractivity contribution in [2.45, 2.75) is 13.0 Å². The number of ether oxygens (including phenoxy) is 2. The Hall–Kier alpha value is -3.54. The molecule has 1 heterocycles. The third kappa shape index (κ3) is 5.72. The Balaban J connectivity index is 1.52. The molecule has 1 N–H and O–H groups in total. The number of nitrogens with zero attached hydrogens (tertiary/aromatic N) is 2. The molecule has 2 aromatic carbocycles. The predicted octanol–water partition coefficient (Wildman–Crippen LogP) is 3.32. The first kappa shape index (κ1) is 20.2. The van der Waals surface area contributed by atoms with Gasteiger partial charge >= 0.3 is 0 Å². The molecule has 0 aliphatic heterocycles. The van der Waals surface area contributed by atoms with Gasteiger partial charge in [-0.25, -0.2) is 4.98 Å². The minimum Gasteiger partial charge on any atom is -0.497 e. The molecule has 29 heavy (non-hydrogen) atoms. The molecular formula is C23H25N3O3. The molecular weight excluding hydrogens is 366 g/mol. The molecule has 0 unspecified atom stereocenters. The Labute approximate surface area is 170 Å². The van der Waals surface area contributed by atoms with Crippen LogP contribution in [-0.2, 0) is 17.8 Å². The van der Waals surface area contributed by atoms with E-state index in [9.17, 15) is 4.79 Å². The zero-order valence-electron chi connectivity index (χ0n) is 16.7. The maximum absolute atomic E-state index is 12.2. The smallest absolute Gasteiger partial charge is 0.244 e. The molecule has 6 heteroatoms. The first-order valence-corrected chi connectivity index (χ1v) is 9.41. The average molecular weight is 391 g/mol. The fraction of sp³-hybridized carbons (Fsp3) is 0.217. The van der Waals surface area contributed by atoms with E-state index in [4.69, 9.17) is 9.47 Å². The summed E-state index contributed by atoms with van der Waals surface area (Å²) in [5.41, 5.74) is 2.02. The van der Waals surface area contributed by atoms with Crippen molar-refractivity contribution in [2.75, 3.05) is 20.8 Å². The summed E-state index contributed by atoms with van der Waals surface area (Å²) >= 11 is 0. The number of methoxy groups -OCH3 is 2. The van der Waals surface area contributed by atoms with Gasteiger partial charge in [-0.1, -0.05) is 30.3 Å². The van der Waals surface area contributed by atoms with Gasteiger partial charge in [0.15, 0.2) is 0 Å². The Morgan fingerprint density at radius 2 is 1.97 bits per heavy atom. The molecule has 3 aromatic rings. The topological polar surface area (TPSA) is 65.4 Å². The average Bonchev–Trinajstić information content (AvgIpc) is 3.19. The van der Waals surface area contributed by atoms with Crippen LogP contribution >= 0.6 is 0 Å². The summed E-state index contributed by atoms with van der Waals surface area (Å²) in [4.78, 5) is 16.6. The lowest BCUT2D eigenvalue weighted by molar-refractivity contribution is -0.116. The van der Waals surface area contributed by atoms with E-state index in [-0.39, 0.29) is 5.91 Å². The van der Waals surface area contributed by atoms with Crippen molar-refractivity contribution in [1.29, 1.82) is 0 Å². The summed E-state index contributed by atoms with van der Waals surface area (Å²) in [5.74, 6) is 2.13. The van der Waals surface area contributed by atoms with Crippen molar-refractivity contribution in [3.8, 4) is 11.5 Å². The lowest BCUT2D eigenvalue weighted by atomic mass is 10.1. The molecule has 150 valence electrons. The lowest BCUT2D eigenvalue weighted by Crippen LogP contribution is -2.24. The number of rotatable bonds is 9. The molecule has 0 aliphatic rings. The SMILES string of the molecule is COc1ccc(/C=C/C(=O)NCCc2nccn2Cc2ccccc2)c(OC)c1. The summed E-state index contributed by atoms with van der Waals surface area (Å²) in [6.45, 7) is 1.27. The molecule has 3 rings (SSSR count). The number of carbonyl (C=O) groups is 1. The Bertz CT molecular complexity index is 965. The molecule has 1 amide bonds. The standard InChI is InChI=1S/C23H25N3O3/c1-28-20-10-8-19(21(16-20)29-2)9-11-23(27)25-13-12-22-24-14-15-26(22)17-18-6-4-3-5-7-18/h3-11,14-16H,12-13,17H2,1-2H3,(H,25,27)/b11-9+. The summed E-state index contributed by atoms with van der Waals surface area (Å²) in [6.07, 6.45) is 7.63. The van der Waals surface area contributed by atoms with Gasteiger partial charge in [0.1, 0.15) is 17.3 Å². The third-order valence-corrected chi connectivity index (χ3v) is 4.50. The van der Waals surface area contributed by atoms with Crippen LogP contribution in [0, 0.1) is 0 Å². The molecule has 6 nitrogen and oxygen atoms in total. The van der Waals surface area contributed by atoms with Crippen molar-refractivity contribution < 1.29 is 14.3 Å². The minimum absolute atomic E-state index is 0.163. The van der Waals surface area contributed by atoms with E-state index >= 15 is 0 Å². The van der Waals surface area contributed by atoms with E-state index in [0.717, 1.165) is 17.9 Å². The molecule has 1 aromatic heterocycles. The Morgan fingerprint density at radius 3 is 2.72 bits per heavy atom.